The van der Waals surface area contributed by atoms with Gasteiger partial charge in [-0.05, 0) is 25.8 Å². The number of rotatable bonds is 2. The third kappa shape index (κ3) is 2.48. The average Bonchev–Trinajstić information content (AvgIpc) is 2.71. The minimum Gasteiger partial charge on any atom is -0.386 e. The molecule has 0 saturated carbocycles. The Labute approximate surface area is 103 Å². The molecule has 2 rings (SSSR count). The van der Waals surface area contributed by atoms with Crippen LogP contribution in [0.1, 0.15) is 31.4 Å². The lowest BCUT2D eigenvalue weighted by Crippen LogP contribution is -2.18. The molecule has 0 aliphatic carbocycles. The van der Waals surface area contributed by atoms with Crippen molar-refractivity contribution in [2.75, 3.05) is 0 Å². The smallest absolute Gasteiger partial charge is 0.107 e. The number of hydrogen-bond acceptors (Lipinski definition) is 3. The molecule has 0 aromatic carbocycles. The van der Waals surface area contributed by atoms with Gasteiger partial charge in [-0.25, -0.2) is 0 Å². The fourth-order valence-electron chi connectivity index (χ4n) is 1.82. The van der Waals surface area contributed by atoms with Gasteiger partial charge in [-0.1, -0.05) is 23.2 Å². The standard InChI is InChI=1S/C10H12Cl2O2S/c1-5-2-3-7(14-5)9(13)6-4-8(11)15-10(6)12/h4-5,7,9,13H,2-3H2,1H3. The number of thiophene rings is 1. The van der Waals surface area contributed by atoms with Crippen molar-refractivity contribution < 1.29 is 9.84 Å². The molecule has 0 amide bonds. The van der Waals surface area contributed by atoms with E-state index in [4.69, 9.17) is 27.9 Å². The largest absolute Gasteiger partial charge is 0.386 e. The molecule has 0 spiro atoms. The molecule has 0 radical (unpaired) electrons. The first-order chi connectivity index (χ1) is 7.08. The Morgan fingerprint density at radius 1 is 1.53 bits per heavy atom. The van der Waals surface area contributed by atoms with Crippen LogP contribution in [0, 0.1) is 0 Å². The number of ether oxygens (including phenoxy) is 1. The quantitative estimate of drug-likeness (QED) is 0.886. The van der Waals surface area contributed by atoms with Gasteiger partial charge in [-0.2, -0.15) is 0 Å². The van der Waals surface area contributed by atoms with Crippen molar-refractivity contribution in [3.8, 4) is 0 Å². The van der Waals surface area contributed by atoms with E-state index in [0.717, 1.165) is 12.8 Å². The van der Waals surface area contributed by atoms with Crippen molar-refractivity contribution in [3.63, 3.8) is 0 Å². The van der Waals surface area contributed by atoms with Crippen LogP contribution in [-0.2, 0) is 4.74 Å². The van der Waals surface area contributed by atoms with Gasteiger partial charge in [0.15, 0.2) is 0 Å². The van der Waals surface area contributed by atoms with Crippen molar-refractivity contribution >= 4 is 34.5 Å². The minimum atomic E-state index is -0.661. The molecule has 1 aromatic rings. The molecule has 1 aliphatic heterocycles. The summed E-state index contributed by atoms with van der Waals surface area (Å²) in [4.78, 5) is 0. The Kier molecular flexibility index (Phi) is 3.58. The second-order valence-electron chi connectivity index (χ2n) is 3.79. The first-order valence-corrected chi connectivity index (χ1v) is 6.43. The third-order valence-corrected chi connectivity index (χ3v) is 4.14. The summed E-state index contributed by atoms with van der Waals surface area (Å²) < 4.78 is 6.74. The molecule has 1 saturated heterocycles. The van der Waals surface area contributed by atoms with Gasteiger partial charge < -0.3 is 9.84 Å². The molecular weight excluding hydrogens is 255 g/mol. The molecule has 1 aromatic heterocycles. The van der Waals surface area contributed by atoms with Crippen molar-refractivity contribution in [2.24, 2.45) is 0 Å². The molecule has 2 heterocycles. The van der Waals surface area contributed by atoms with Gasteiger partial charge >= 0.3 is 0 Å². The fraction of sp³-hybridized carbons (Fsp3) is 0.600. The number of halogens is 2. The molecule has 15 heavy (non-hydrogen) atoms. The Bertz CT molecular complexity index is 353. The van der Waals surface area contributed by atoms with E-state index in [1.165, 1.54) is 11.3 Å². The van der Waals surface area contributed by atoms with Crippen LogP contribution in [0.5, 0.6) is 0 Å². The fourth-order valence-corrected chi connectivity index (χ4v) is 3.36. The lowest BCUT2D eigenvalue weighted by atomic mass is 10.1. The Morgan fingerprint density at radius 2 is 2.27 bits per heavy atom. The normalized spacial score (nSPS) is 28.3. The minimum absolute atomic E-state index is 0.150. The zero-order valence-electron chi connectivity index (χ0n) is 8.24. The highest BCUT2D eigenvalue weighted by molar-refractivity contribution is 7.20. The van der Waals surface area contributed by atoms with Crippen LogP contribution >= 0.6 is 34.5 Å². The predicted octanol–water partition coefficient (Wildman–Crippen LogP) is 3.66. The van der Waals surface area contributed by atoms with Crippen LogP contribution in [0.2, 0.25) is 8.67 Å². The van der Waals surface area contributed by atoms with Crippen molar-refractivity contribution in [2.45, 2.75) is 38.1 Å². The molecule has 0 bridgehead atoms. The lowest BCUT2D eigenvalue weighted by molar-refractivity contribution is -0.0295. The number of aliphatic hydroxyl groups is 1. The van der Waals surface area contributed by atoms with Crippen molar-refractivity contribution in [1.82, 2.24) is 0 Å². The van der Waals surface area contributed by atoms with Gasteiger partial charge in [-0.3, -0.25) is 0 Å². The van der Waals surface area contributed by atoms with Gasteiger partial charge in [-0.15, -0.1) is 11.3 Å². The molecule has 5 heteroatoms. The molecular formula is C10H12Cl2O2S. The maximum absolute atomic E-state index is 10.1. The molecule has 84 valence electrons. The highest BCUT2D eigenvalue weighted by Gasteiger charge is 2.31. The molecule has 2 nitrogen and oxygen atoms in total. The third-order valence-electron chi connectivity index (χ3n) is 2.62. The Hall–Kier alpha value is 0.200. The summed E-state index contributed by atoms with van der Waals surface area (Å²) in [5, 5.41) is 10.1. The lowest BCUT2D eigenvalue weighted by Gasteiger charge is -2.17. The molecule has 3 atom stereocenters. The maximum Gasteiger partial charge on any atom is 0.107 e. The summed E-state index contributed by atoms with van der Waals surface area (Å²) in [6, 6.07) is 1.71. The summed E-state index contributed by atoms with van der Waals surface area (Å²) in [6.07, 6.45) is 1.26. The van der Waals surface area contributed by atoms with Gasteiger partial charge in [0.1, 0.15) is 10.4 Å². The average molecular weight is 267 g/mol. The molecule has 1 aliphatic rings. The molecule has 1 fully saturated rings. The van der Waals surface area contributed by atoms with Crippen LogP contribution in [0.4, 0.5) is 0 Å². The van der Waals surface area contributed by atoms with E-state index in [-0.39, 0.29) is 12.2 Å². The summed E-state index contributed by atoms with van der Waals surface area (Å²) in [5.41, 5.74) is 0.686. The van der Waals surface area contributed by atoms with E-state index in [1.807, 2.05) is 6.92 Å². The van der Waals surface area contributed by atoms with E-state index in [1.54, 1.807) is 6.07 Å². The topological polar surface area (TPSA) is 29.5 Å². The number of hydrogen-bond donors (Lipinski definition) is 1. The van der Waals surface area contributed by atoms with E-state index in [2.05, 4.69) is 0 Å². The Balaban J connectivity index is 2.13. The second kappa shape index (κ2) is 4.60. The molecule has 1 N–H and O–H groups in total. The summed E-state index contributed by atoms with van der Waals surface area (Å²) in [7, 11) is 0. The predicted molar refractivity (Wildman–Crippen MR) is 62.9 cm³/mol. The monoisotopic (exact) mass is 266 g/mol. The zero-order chi connectivity index (χ0) is 11.0. The van der Waals surface area contributed by atoms with E-state index in [0.29, 0.717) is 14.2 Å². The SMILES string of the molecule is CC1CCC(C(O)c2cc(Cl)sc2Cl)O1. The number of aliphatic hydroxyl groups excluding tert-OH is 1. The van der Waals surface area contributed by atoms with Gasteiger partial charge in [0.05, 0.1) is 16.5 Å². The van der Waals surface area contributed by atoms with E-state index < -0.39 is 6.10 Å². The van der Waals surface area contributed by atoms with E-state index >= 15 is 0 Å². The zero-order valence-corrected chi connectivity index (χ0v) is 10.6. The first kappa shape index (κ1) is 11.7. The summed E-state index contributed by atoms with van der Waals surface area (Å²) in [6.45, 7) is 2.01. The van der Waals surface area contributed by atoms with Crippen LogP contribution < -0.4 is 0 Å². The van der Waals surface area contributed by atoms with Gasteiger partial charge in [0, 0.05) is 5.56 Å². The summed E-state index contributed by atoms with van der Waals surface area (Å²) >= 11 is 13.1. The van der Waals surface area contributed by atoms with E-state index in [9.17, 15) is 5.11 Å². The summed E-state index contributed by atoms with van der Waals surface area (Å²) in [5.74, 6) is 0. The van der Waals surface area contributed by atoms with Crippen LogP contribution in [0.3, 0.4) is 0 Å². The highest BCUT2D eigenvalue weighted by Crippen LogP contribution is 2.39. The van der Waals surface area contributed by atoms with Crippen LogP contribution in [-0.4, -0.2) is 17.3 Å². The van der Waals surface area contributed by atoms with Crippen LogP contribution in [0.15, 0.2) is 6.07 Å². The maximum atomic E-state index is 10.1. The van der Waals surface area contributed by atoms with Crippen LogP contribution in [0.25, 0.3) is 0 Å². The first-order valence-electron chi connectivity index (χ1n) is 4.86. The second-order valence-corrected chi connectivity index (χ2v) is 6.07. The Morgan fingerprint density at radius 3 is 2.73 bits per heavy atom. The van der Waals surface area contributed by atoms with Gasteiger partial charge in [0.25, 0.3) is 0 Å². The molecule has 3 unspecified atom stereocenters. The van der Waals surface area contributed by atoms with Crippen molar-refractivity contribution in [1.29, 1.82) is 0 Å². The van der Waals surface area contributed by atoms with Crippen molar-refractivity contribution in [3.05, 3.63) is 20.3 Å². The van der Waals surface area contributed by atoms with Gasteiger partial charge in [0.2, 0.25) is 0 Å². The highest BCUT2D eigenvalue weighted by atomic mass is 35.5.